The second kappa shape index (κ2) is 6.66. The van der Waals surface area contributed by atoms with Gasteiger partial charge in [0, 0.05) is 16.7 Å². The standard InChI is InChI=1S/C14H17ClN2O3S/c1-4-20-13(19)8(2)12-9(3)21-14-16-10(6-15)5-11(18)7-17(12)14/h5,8H,4,6-7H2,1-3H3. The lowest BCUT2D eigenvalue weighted by Gasteiger charge is -2.23. The molecule has 0 amide bonds. The Morgan fingerprint density at radius 3 is 2.95 bits per heavy atom. The van der Waals surface area contributed by atoms with Crippen LogP contribution in [0.4, 0.5) is 0 Å². The minimum atomic E-state index is -0.435. The Morgan fingerprint density at radius 1 is 1.62 bits per heavy atom. The van der Waals surface area contributed by atoms with Gasteiger partial charge < -0.3 is 9.64 Å². The molecule has 21 heavy (non-hydrogen) atoms. The van der Waals surface area contributed by atoms with Crippen molar-refractivity contribution in [3.05, 3.63) is 22.4 Å². The molecular formula is C14H17ClN2O3S. The van der Waals surface area contributed by atoms with Crippen LogP contribution in [-0.4, -0.2) is 40.9 Å². The Balaban J connectivity index is 2.31. The van der Waals surface area contributed by atoms with Crippen LogP contribution in [0.5, 0.6) is 0 Å². The topological polar surface area (TPSA) is 59.0 Å². The van der Waals surface area contributed by atoms with Crippen LogP contribution in [0.3, 0.4) is 0 Å². The molecule has 0 aromatic rings. The summed E-state index contributed by atoms with van der Waals surface area (Å²) < 4.78 is 5.08. The zero-order valence-corrected chi connectivity index (χ0v) is 13.8. The van der Waals surface area contributed by atoms with Crippen molar-refractivity contribution in [2.24, 2.45) is 10.9 Å². The number of ether oxygens (including phenoxy) is 1. The maximum atomic E-state index is 12.0. The zero-order chi connectivity index (χ0) is 15.6. The highest BCUT2D eigenvalue weighted by atomic mass is 35.5. The summed E-state index contributed by atoms with van der Waals surface area (Å²) in [6, 6.07) is 0. The molecule has 0 aromatic carbocycles. The van der Waals surface area contributed by atoms with E-state index >= 15 is 0 Å². The van der Waals surface area contributed by atoms with Crippen LogP contribution in [0.25, 0.3) is 0 Å². The molecule has 0 saturated carbocycles. The van der Waals surface area contributed by atoms with Gasteiger partial charge in [-0.05, 0) is 20.8 Å². The quantitative estimate of drug-likeness (QED) is 0.586. The fourth-order valence-electron chi connectivity index (χ4n) is 2.30. The lowest BCUT2D eigenvalue weighted by atomic mass is 10.1. The third kappa shape index (κ3) is 3.32. The molecule has 0 N–H and O–H groups in total. The van der Waals surface area contributed by atoms with Crippen molar-refractivity contribution in [1.29, 1.82) is 0 Å². The van der Waals surface area contributed by atoms with Gasteiger partial charge in [-0.2, -0.15) is 0 Å². The van der Waals surface area contributed by atoms with E-state index in [4.69, 9.17) is 16.3 Å². The molecular weight excluding hydrogens is 312 g/mol. The molecule has 0 saturated heterocycles. The lowest BCUT2D eigenvalue weighted by Crippen LogP contribution is -2.33. The van der Waals surface area contributed by atoms with E-state index in [-0.39, 0.29) is 24.2 Å². The number of halogens is 1. The number of fused-ring (bicyclic) bond motifs is 1. The SMILES string of the molecule is CCOC(=O)C(C)C1=C(C)SC2=NC(CCl)=CC(=O)CN21. The summed E-state index contributed by atoms with van der Waals surface area (Å²) in [5.41, 5.74) is 1.33. The summed E-state index contributed by atoms with van der Waals surface area (Å²) in [7, 11) is 0. The second-order valence-electron chi connectivity index (χ2n) is 4.73. The first-order valence-corrected chi connectivity index (χ1v) is 8.03. The highest BCUT2D eigenvalue weighted by Crippen LogP contribution is 2.39. The third-order valence-electron chi connectivity index (χ3n) is 3.19. The summed E-state index contributed by atoms with van der Waals surface area (Å²) in [6.07, 6.45) is 1.46. The van der Waals surface area contributed by atoms with Crippen molar-refractivity contribution < 1.29 is 14.3 Å². The normalized spacial score (nSPS) is 19.8. The van der Waals surface area contributed by atoms with Gasteiger partial charge in [0.05, 0.1) is 30.6 Å². The monoisotopic (exact) mass is 328 g/mol. The molecule has 2 aliphatic rings. The van der Waals surface area contributed by atoms with E-state index in [9.17, 15) is 9.59 Å². The molecule has 0 aliphatic carbocycles. The van der Waals surface area contributed by atoms with Gasteiger partial charge in [0.15, 0.2) is 11.0 Å². The lowest BCUT2D eigenvalue weighted by molar-refractivity contribution is -0.146. The number of amidine groups is 1. The molecule has 1 atom stereocenters. The van der Waals surface area contributed by atoms with E-state index < -0.39 is 5.92 Å². The average molecular weight is 329 g/mol. The fourth-order valence-corrected chi connectivity index (χ4v) is 3.54. The number of allylic oxidation sites excluding steroid dienone is 2. The fraction of sp³-hybridized carbons (Fsp3) is 0.500. The predicted octanol–water partition coefficient (Wildman–Crippen LogP) is 2.53. The molecule has 0 fully saturated rings. The van der Waals surface area contributed by atoms with Crippen LogP contribution < -0.4 is 0 Å². The Bertz CT molecular complexity index is 569. The van der Waals surface area contributed by atoms with Crippen LogP contribution in [0.2, 0.25) is 0 Å². The van der Waals surface area contributed by atoms with Crippen LogP contribution in [-0.2, 0) is 14.3 Å². The smallest absolute Gasteiger partial charge is 0.314 e. The molecule has 0 bridgehead atoms. The Hall–Kier alpha value is -1.27. The van der Waals surface area contributed by atoms with Crippen LogP contribution in [0.1, 0.15) is 20.8 Å². The molecule has 0 aromatic heterocycles. The number of ketones is 1. The molecule has 114 valence electrons. The molecule has 0 radical (unpaired) electrons. The van der Waals surface area contributed by atoms with Crippen molar-refractivity contribution >= 4 is 40.3 Å². The van der Waals surface area contributed by atoms with Gasteiger partial charge in [0.1, 0.15) is 0 Å². The van der Waals surface area contributed by atoms with Gasteiger partial charge in [-0.15, -0.1) is 11.6 Å². The van der Waals surface area contributed by atoms with Gasteiger partial charge in [0.25, 0.3) is 0 Å². The van der Waals surface area contributed by atoms with Gasteiger partial charge in [-0.25, -0.2) is 4.99 Å². The highest BCUT2D eigenvalue weighted by molar-refractivity contribution is 8.17. The number of hydrogen-bond donors (Lipinski definition) is 0. The van der Waals surface area contributed by atoms with Crippen LogP contribution in [0.15, 0.2) is 27.4 Å². The first-order valence-electron chi connectivity index (χ1n) is 6.68. The summed E-state index contributed by atoms with van der Waals surface area (Å²) in [5, 5.41) is 0.691. The minimum absolute atomic E-state index is 0.0757. The van der Waals surface area contributed by atoms with E-state index in [1.54, 1.807) is 18.7 Å². The van der Waals surface area contributed by atoms with E-state index in [1.165, 1.54) is 17.8 Å². The molecule has 7 heteroatoms. The highest BCUT2D eigenvalue weighted by Gasteiger charge is 2.36. The predicted molar refractivity (Wildman–Crippen MR) is 84.0 cm³/mol. The average Bonchev–Trinajstić information content (AvgIpc) is 2.63. The first-order chi connectivity index (χ1) is 9.97. The van der Waals surface area contributed by atoms with Crippen molar-refractivity contribution in [3.8, 4) is 0 Å². The van der Waals surface area contributed by atoms with Gasteiger partial charge >= 0.3 is 5.97 Å². The van der Waals surface area contributed by atoms with E-state index in [2.05, 4.69) is 4.99 Å². The van der Waals surface area contributed by atoms with Crippen molar-refractivity contribution in [3.63, 3.8) is 0 Å². The zero-order valence-electron chi connectivity index (χ0n) is 12.2. The van der Waals surface area contributed by atoms with E-state index in [0.717, 1.165) is 10.6 Å². The van der Waals surface area contributed by atoms with Crippen molar-refractivity contribution in [2.45, 2.75) is 20.8 Å². The molecule has 2 rings (SSSR count). The Morgan fingerprint density at radius 2 is 2.33 bits per heavy atom. The molecule has 0 spiro atoms. The minimum Gasteiger partial charge on any atom is -0.465 e. The number of carbonyl (C=O) groups is 2. The molecule has 5 nitrogen and oxygen atoms in total. The summed E-state index contributed by atoms with van der Waals surface area (Å²) in [5.74, 6) is -0.620. The van der Waals surface area contributed by atoms with Crippen LogP contribution >= 0.6 is 23.4 Å². The third-order valence-corrected chi connectivity index (χ3v) is 4.48. The number of rotatable bonds is 4. The summed E-state index contributed by atoms with van der Waals surface area (Å²) in [6.45, 7) is 5.98. The number of hydrogen-bond acceptors (Lipinski definition) is 6. The Kier molecular flexibility index (Phi) is 5.11. The maximum Gasteiger partial charge on any atom is 0.314 e. The van der Waals surface area contributed by atoms with E-state index in [0.29, 0.717) is 17.5 Å². The van der Waals surface area contributed by atoms with Crippen molar-refractivity contribution in [2.75, 3.05) is 19.0 Å². The van der Waals surface area contributed by atoms with Crippen molar-refractivity contribution in [1.82, 2.24) is 4.90 Å². The maximum absolute atomic E-state index is 12.0. The number of alkyl halides is 1. The van der Waals surface area contributed by atoms with Gasteiger partial charge in [0.2, 0.25) is 0 Å². The number of esters is 1. The van der Waals surface area contributed by atoms with Gasteiger partial charge in [-0.1, -0.05) is 11.8 Å². The number of aliphatic imine (C=N–C) groups is 1. The number of carbonyl (C=O) groups excluding carboxylic acids is 2. The summed E-state index contributed by atoms with van der Waals surface area (Å²) >= 11 is 7.24. The van der Waals surface area contributed by atoms with Gasteiger partial charge in [-0.3, -0.25) is 9.59 Å². The molecule has 2 heterocycles. The number of thioether (sulfide) groups is 1. The number of nitrogens with zero attached hydrogens (tertiary/aromatic N) is 2. The Labute approximate surface area is 133 Å². The summed E-state index contributed by atoms with van der Waals surface area (Å²) in [4.78, 5) is 31.1. The first kappa shape index (κ1) is 16.1. The van der Waals surface area contributed by atoms with E-state index in [1.807, 2.05) is 6.92 Å². The molecule has 1 unspecified atom stereocenters. The largest absolute Gasteiger partial charge is 0.465 e. The molecule has 2 aliphatic heterocycles. The second-order valence-corrected chi connectivity index (χ2v) is 6.18. The van der Waals surface area contributed by atoms with Crippen LogP contribution in [0, 0.1) is 5.92 Å².